The van der Waals surface area contributed by atoms with Crippen LogP contribution in [0.4, 0.5) is 0 Å². The van der Waals surface area contributed by atoms with Crippen LogP contribution in [0.3, 0.4) is 0 Å². The zero-order valence-corrected chi connectivity index (χ0v) is 12.4. The topological polar surface area (TPSA) is 29.3 Å². The van der Waals surface area contributed by atoms with Crippen molar-refractivity contribution in [2.24, 2.45) is 11.7 Å². The Morgan fingerprint density at radius 1 is 1.00 bits per heavy atom. The molecule has 2 rings (SSSR count). The van der Waals surface area contributed by atoms with E-state index in [9.17, 15) is 0 Å². The fourth-order valence-electron chi connectivity index (χ4n) is 4.18. The largest absolute Gasteiger partial charge is 0.326 e. The summed E-state index contributed by atoms with van der Waals surface area (Å²) in [6, 6.07) is 1.92. The third-order valence-electron chi connectivity index (χ3n) is 5.39. The van der Waals surface area contributed by atoms with E-state index in [-0.39, 0.29) is 0 Å². The van der Waals surface area contributed by atoms with Gasteiger partial charge in [0, 0.05) is 18.1 Å². The summed E-state index contributed by atoms with van der Waals surface area (Å²) >= 11 is 0. The van der Waals surface area contributed by atoms with Crippen molar-refractivity contribution in [2.75, 3.05) is 6.54 Å². The number of likely N-dealkylation sites (N-methyl/N-ethyl adjacent to an activating group) is 1. The van der Waals surface area contributed by atoms with Crippen LogP contribution < -0.4 is 5.73 Å². The van der Waals surface area contributed by atoms with Crippen LogP contribution in [-0.2, 0) is 0 Å². The number of rotatable bonds is 4. The second-order valence-corrected chi connectivity index (χ2v) is 6.44. The van der Waals surface area contributed by atoms with E-state index in [1.165, 1.54) is 64.3 Å². The lowest BCUT2D eigenvalue weighted by Gasteiger charge is -2.45. The molecule has 0 aromatic carbocycles. The van der Waals surface area contributed by atoms with Gasteiger partial charge in [0.05, 0.1) is 0 Å². The lowest BCUT2D eigenvalue weighted by molar-refractivity contribution is 0.0580. The summed E-state index contributed by atoms with van der Waals surface area (Å²) in [5.41, 5.74) is 6.44. The molecule has 106 valence electrons. The van der Waals surface area contributed by atoms with Gasteiger partial charge in [-0.05, 0) is 44.6 Å². The third-order valence-corrected chi connectivity index (χ3v) is 5.39. The SMILES string of the molecule is CCC1CCC(N)C(N(CC)C2CCCCC2)C1. The molecule has 2 aliphatic carbocycles. The summed E-state index contributed by atoms with van der Waals surface area (Å²) in [5.74, 6) is 0.924. The Morgan fingerprint density at radius 2 is 1.72 bits per heavy atom. The van der Waals surface area contributed by atoms with Gasteiger partial charge in [0.1, 0.15) is 0 Å². The molecular formula is C16H32N2. The smallest absolute Gasteiger partial charge is 0.0252 e. The van der Waals surface area contributed by atoms with Crippen molar-refractivity contribution in [3.8, 4) is 0 Å². The van der Waals surface area contributed by atoms with Gasteiger partial charge in [0.2, 0.25) is 0 Å². The lowest BCUT2D eigenvalue weighted by atomic mass is 9.79. The molecule has 0 spiro atoms. The van der Waals surface area contributed by atoms with E-state index in [2.05, 4.69) is 18.7 Å². The van der Waals surface area contributed by atoms with Crippen molar-refractivity contribution in [1.29, 1.82) is 0 Å². The summed E-state index contributed by atoms with van der Waals surface area (Å²) < 4.78 is 0. The summed E-state index contributed by atoms with van der Waals surface area (Å²) in [5, 5.41) is 0. The Hall–Kier alpha value is -0.0800. The van der Waals surface area contributed by atoms with E-state index in [0.29, 0.717) is 12.1 Å². The van der Waals surface area contributed by atoms with Crippen molar-refractivity contribution in [3.63, 3.8) is 0 Å². The maximum Gasteiger partial charge on any atom is 0.0252 e. The summed E-state index contributed by atoms with van der Waals surface area (Å²) in [7, 11) is 0. The molecule has 18 heavy (non-hydrogen) atoms. The van der Waals surface area contributed by atoms with E-state index < -0.39 is 0 Å². The highest BCUT2D eigenvalue weighted by atomic mass is 15.2. The van der Waals surface area contributed by atoms with Gasteiger partial charge < -0.3 is 5.73 Å². The molecule has 2 saturated carbocycles. The number of nitrogens with two attached hydrogens (primary N) is 1. The Kier molecular flexibility index (Phi) is 5.50. The highest BCUT2D eigenvalue weighted by molar-refractivity contribution is 4.92. The normalized spacial score (nSPS) is 35.0. The first kappa shape index (κ1) is 14.3. The van der Waals surface area contributed by atoms with E-state index in [0.717, 1.165) is 12.0 Å². The molecule has 0 heterocycles. The number of nitrogens with zero attached hydrogens (tertiary/aromatic N) is 1. The quantitative estimate of drug-likeness (QED) is 0.829. The molecule has 3 atom stereocenters. The van der Waals surface area contributed by atoms with E-state index >= 15 is 0 Å². The van der Waals surface area contributed by atoms with Gasteiger partial charge in [-0.1, -0.05) is 39.5 Å². The zero-order chi connectivity index (χ0) is 13.0. The number of hydrogen-bond acceptors (Lipinski definition) is 2. The van der Waals surface area contributed by atoms with Gasteiger partial charge in [-0.15, -0.1) is 0 Å². The molecule has 0 aromatic rings. The van der Waals surface area contributed by atoms with E-state index in [1.807, 2.05) is 0 Å². The predicted octanol–water partition coefficient (Wildman–Crippen LogP) is 3.55. The second-order valence-electron chi connectivity index (χ2n) is 6.44. The third kappa shape index (κ3) is 3.27. The highest BCUT2D eigenvalue weighted by Gasteiger charge is 2.34. The van der Waals surface area contributed by atoms with Crippen molar-refractivity contribution in [3.05, 3.63) is 0 Å². The summed E-state index contributed by atoms with van der Waals surface area (Å²) in [4.78, 5) is 2.77. The molecule has 0 radical (unpaired) electrons. The standard InChI is InChI=1S/C16H32N2/c1-3-13-10-11-15(17)16(12-13)18(4-2)14-8-6-5-7-9-14/h13-16H,3-12,17H2,1-2H3. The van der Waals surface area contributed by atoms with Crippen LogP contribution in [0.2, 0.25) is 0 Å². The van der Waals surface area contributed by atoms with Crippen molar-refractivity contribution in [2.45, 2.75) is 89.8 Å². The fourth-order valence-corrected chi connectivity index (χ4v) is 4.18. The van der Waals surface area contributed by atoms with Crippen LogP contribution in [0.5, 0.6) is 0 Å². The molecule has 3 unspecified atom stereocenters. The van der Waals surface area contributed by atoms with Crippen LogP contribution in [0.25, 0.3) is 0 Å². The predicted molar refractivity (Wildman–Crippen MR) is 78.6 cm³/mol. The van der Waals surface area contributed by atoms with Crippen LogP contribution in [0.1, 0.15) is 71.6 Å². The molecule has 2 nitrogen and oxygen atoms in total. The Morgan fingerprint density at radius 3 is 2.33 bits per heavy atom. The van der Waals surface area contributed by atoms with Crippen LogP contribution in [0, 0.1) is 5.92 Å². The van der Waals surface area contributed by atoms with Gasteiger partial charge in [-0.25, -0.2) is 0 Å². The minimum absolute atomic E-state index is 0.426. The maximum atomic E-state index is 6.44. The fraction of sp³-hybridized carbons (Fsp3) is 1.00. The van der Waals surface area contributed by atoms with Crippen LogP contribution in [0.15, 0.2) is 0 Å². The van der Waals surface area contributed by atoms with Crippen molar-refractivity contribution >= 4 is 0 Å². The molecule has 2 heteroatoms. The Balaban J connectivity index is 1.99. The average molecular weight is 252 g/mol. The molecule has 0 amide bonds. The number of hydrogen-bond donors (Lipinski definition) is 1. The first-order chi connectivity index (χ1) is 8.76. The maximum absolute atomic E-state index is 6.44. The molecule has 0 bridgehead atoms. The summed E-state index contributed by atoms with van der Waals surface area (Å²) in [6.45, 7) is 5.87. The van der Waals surface area contributed by atoms with Crippen LogP contribution in [-0.4, -0.2) is 29.6 Å². The van der Waals surface area contributed by atoms with Crippen molar-refractivity contribution < 1.29 is 0 Å². The van der Waals surface area contributed by atoms with Gasteiger partial charge in [0.15, 0.2) is 0 Å². The molecule has 2 N–H and O–H groups in total. The second kappa shape index (κ2) is 6.91. The average Bonchev–Trinajstić information content (AvgIpc) is 2.43. The lowest BCUT2D eigenvalue weighted by Crippen LogP contribution is -2.55. The van der Waals surface area contributed by atoms with Gasteiger partial charge in [-0.2, -0.15) is 0 Å². The molecule has 0 aromatic heterocycles. The van der Waals surface area contributed by atoms with Gasteiger partial charge in [-0.3, -0.25) is 4.90 Å². The van der Waals surface area contributed by atoms with E-state index in [1.54, 1.807) is 0 Å². The first-order valence-electron chi connectivity index (χ1n) is 8.27. The van der Waals surface area contributed by atoms with E-state index in [4.69, 9.17) is 5.73 Å². The van der Waals surface area contributed by atoms with Gasteiger partial charge >= 0.3 is 0 Å². The molecule has 0 aliphatic heterocycles. The molecule has 0 saturated heterocycles. The molecule has 2 aliphatic rings. The highest BCUT2D eigenvalue weighted by Crippen LogP contribution is 2.33. The molecular weight excluding hydrogens is 220 g/mol. The Labute approximate surface area is 113 Å². The minimum atomic E-state index is 0.426. The van der Waals surface area contributed by atoms with Crippen molar-refractivity contribution in [1.82, 2.24) is 4.90 Å². The van der Waals surface area contributed by atoms with Gasteiger partial charge in [0.25, 0.3) is 0 Å². The zero-order valence-electron chi connectivity index (χ0n) is 12.4. The summed E-state index contributed by atoms with van der Waals surface area (Å²) in [6.07, 6.45) is 12.4. The van der Waals surface area contributed by atoms with Crippen LogP contribution >= 0.6 is 0 Å². The molecule has 2 fully saturated rings. The monoisotopic (exact) mass is 252 g/mol. The Bertz CT molecular complexity index is 235. The minimum Gasteiger partial charge on any atom is -0.326 e. The first-order valence-corrected chi connectivity index (χ1v) is 8.27.